The van der Waals surface area contributed by atoms with Crippen molar-refractivity contribution in [2.75, 3.05) is 50.8 Å². The van der Waals surface area contributed by atoms with Crippen LogP contribution in [0.3, 0.4) is 0 Å². The number of anilines is 1. The molecule has 3 aliphatic rings. The Morgan fingerprint density at radius 1 is 1.18 bits per heavy atom. The second kappa shape index (κ2) is 9.34. The quantitative estimate of drug-likeness (QED) is 0.662. The summed E-state index contributed by atoms with van der Waals surface area (Å²) < 4.78 is 5.82. The summed E-state index contributed by atoms with van der Waals surface area (Å²) in [6, 6.07) is 6.09. The predicted molar refractivity (Wildman–Crippen MR) is 115 cm³/mol. The van der Waals surface area contributed by atoms with Gasteiger partial charge in [0.25, 0.3) is 0 Å². The van der Waals surface area contributed by atoms with Crippen LogP contribution < -0.4 is 4.90 Å². The summed E-state index contributed by atoms with van der Waals surface area (Å²) in [6.07, 6.45) is 6.59. The molecule has 1 N–H and O–H groups in total. The van der Waals surface area contributed by atoms with Gasteiger partial charge in [0, 0.05) is 50.0 Å². The molecule has 2 bridgehead atoms. The SMILES string of the molecule is Cc1ccc(Cl)cc1N1CCN(C[C@H](O)COCC[C@@H]2C[C@H]3CC[C@H]2C3)CC1. The van der Waals surface area contributed by atoms with Crippen molar-refractivity contribution in [3.8, 4) is 0 Å². The van der Waals surface area contributed by atoms with Crippen molar-refractivity contribution in [1.29, 1.82) is 0 Å². The normalized spacial score (nSPS) is 28.8. The van der Waals surface area contributed by atoms with Gasteiger partial charge >= 0.3 is 0 Å². The van der Waals surface area contributed by atoms with Crippen LogP contribution in [0.25, 0.3) is 0 Å². The second-order valence-electron chi connectivity index (χ2n) is 9.17. The van der Waals surface area contributed by atoms with E-state index in [4.69, 9.17) is 16.3 Å². The van der Waals surface area contributed by atoms with Gasteiger partial charge in [0.2, 0.25) is 0 Å². The minimum absolute atomic E-state index is 0.389. The Labute approximate surface area is 174 Å². The standard InChI is InChI=1S/C23H35ClN2O2/c1-17-2-5-21(24)14-23(17)26-9-7-25(8-10-26)15-22(27)16-28-11-6-20-13-18-3-4-19(20)12-18/h2,5,14,18-20,22,27H,3-4,6-13,15-16H2,1H3/t18-,19-,20+,22-/m0/s1. The number of aryl methyl sites for hydroxylation is 1. The molecule has 0 spiro atoms. The summed E-state index contributed by atoms with van der Waals surface area (Å²) in [5, 5.41) is 11.2. The van der Waals surface area contributed by atoms with Crippen LogP contribution in [-0.2, 0) is 4.74 Å². The van der Waals surface area contributed by atoms with E-state index in [1.165, 1.54) is 43.4 Å². The van der Waals surface area contributed by atoms with Crippen LogP contribution >= 0.6 is 11.6 Å². The first-order valence-corrected chi connectivity index (χ1v) is 11.5. The van der Waals surface area contributed by atoms with Crippen LogP contribution in [0.4, 0.5) is 5.69 Å². The largest absolute Gasteiger partial charge is 0.389 e. The van der Waals surface area contributed by atoms with Crippen molar-refractivity contribution in [2.24, 2.45) is 17.8 Å². The topological polar surface area (TPSA) is 35.9 Å². The number of nitrogens with zero attached hydrogens (tertiary/aromatic N) is 2. The summed E-state index contributed by atoms with van der Waals surface area (Å²) >= 11 is 6.17. The first kappa shape index (κ1) is 20.5. The number of β-amino-alcohol motifs (C(OH)–C–C–N with tert-alkyl or cyclic N) is 1. The van der Waals surface area contributed by atoms with E-state index in [-0.39, 0.29) is 6.10 Å². The molecule has 0 aromatic heterocycles. The third-order valence-corrected chi connectivity index (χ3v) is 7.42. The van der Waals surface area contributed by atoms with Crippen LogP contribution in [0.15, 0.2) is 18.2 Å². The highest BCUT2D eigenvalue weighted by molar-refractivity contribution is 6.30. The molecular weight excluding hydrogens is 372 g/mol. The van der Waals surface area contributed by atoms with E-state index >= 15 is 0 Å². The molecule has 5 heteroatoms. The van der Waals surface area contributed by atoms with E-state index < -0.39 is 0 Å². The van der Waals surface area contributed by atoms with E-state index in [2.05, 4.69) is 28.9 Å². The minimum atomic E-state index is -0.389. The smallest absolute Gasteiger partial charge is 0.0900 e. The van der Waals surface area contributed by atoms with Gasteiger partial charge in [0.15, 0.2) is 0 Å². The molecule has 1 aromatic rings. The van der Waals surface area contributed by atoms with Gasteiger partial charge in [-0.2, -0.15) is 0 Å². The van der Waals surface area contributed by atoms with Crippen LogP contribution in [0.1, 0.15) is 37.7 Å². The fourth-order valence-electron chi connectivity index (χ4n) is 5.63. The Morgan fingerprint density at radius 3 is 2.71 bits per heavy atom. The Balaban J connectivity index is 1.12. The number of hydrogen-bond acceptors (Lipinski definition) is 4. The second-order valence-corrected chi connectivity index (χ2v) is 9.61. The molecule has 0 amide bonds. The molecule has 2 saturated carbocycles. The van der Waals surface area contributed by atoms with Crippen molar-refractivity contribution >= 4 is 17.3 Å². The van der Waals surface area contributed by atoms with Gasteiger partial charge in [0.1, 0.15) is 0 Å². The van der Waals surface area contributed by atoms with Crippen LogP contribution in [0.2, 0.25) is 5.02 Å². The van der Waals surface area contributed by atoms with E-state index in [0.29, 0.717) is 13.2 Å². The van der Waals surface area contributed by atoms with Crippen molar-refractivity contribution in [3.63, 3.8) is 0 Å². The van der Waals surface area contributed by atoms with Crippen LogP contribution in [0, 0.1) is 24.7 Å². The van der Waals surface area contributed by atoms with Gasteiger partial charge in [-0.1, -0.05) is 24.1 Å². The summed E-state index contributed by atoms with van der Waals surface area (Å²) in [5.41, 5.74) is 2.50. The number of aliphatic hydroxyl groups is 1. The molecule has 0 radical (unpaired) electrons. The highest BCUT2D eigenvalue weighted by atomic mass is 35.5. The first-order valence-electron chi connectivity index (χ1n) is 11.1. The molecule has 2 aliphatic carbocycles. The molecular formula is C23H35ClN2O2. The molecule has 1 aliphatic heterocycles. The van der Waals surface area contributed by atoms with Gasteiger partial charge < -0.3 is 14.7 Å². The number of aliphatic hydroxyl groups excluding tert-OH is 1. The van der Waals surface area contributed by atoms with Crippen molar-refractivity contribution < 1.29 is 9.84 Å². The average molecular weight is 407 g/mol. The predicted octanol–water partition coefficient (Wildman–Crippen LogP) is 3.97. The molecule has 1 saturated heterocycles. The van der Waals surface area contributed by atoms with E-state index in [0.717, 1.165) is 55.6 Å². The number of hydrogen-bond donors (Lipinski definition) is 1. The number of fused-ring (bicyclic) bond motifs is 2. The van der Waals surface area contributed by atoms with Crippen LogP contribution in [-0.4, -0.2) is 62.0 Å². The average Bonchev–Trinajstić information content (AvgIpc) is 3.31. The van der Waals surface area contributed by atoms with E-state index in [9.17, 15) is 5.11 Å². The Bertz CT molecular complexity index is 647. The molecule has 4 atom stereocenters. The van der Waals surface area contributed by atoms with Gasteiger partial charge in [-0.25, -0.2) is 0 Å². The molecule has 0 unspecified atom stereocenters. The van der Waals surface area contributed by atoms with Crippen molar-refractivity contribution in [1.82, 2.24) is 4.90 Å². The van der Waals surface area contributed by atoms with Gasteiger partial charge in [-0.15, -0.1) is 0 Å². The third kappa shape index (κ3) is 5.02. The van der Waals surface area contributed by atoms with E-state index in [1.807, 2.05) is 6.07 Å². The number of halogens is 1. The monoisotopic (exact) mass is 406 g/mol. The highest BCUT2D eigenvalue weighted by Gasteiger charge is 2.38. The maximum atomic E-state index is 10.4. The number of benzene rings is 1. The highest BCUT2D eigenvalue weighted by Crippen LogP contribution is 2.49. The Hall–Kier alpha value is -0.810. The minimum Gasteiger partial charge on any atom is -0.389 e. The zero-order chi connectivity index (χ0) is 19.5. The lowest BCUT2D eigenvalue weighted by molar-refractivity contribution is 0.0100. The number of piperazine rings is 1. The zero-order valence-corrected chi connectivity index (χ0v) is 17.9. The van der Waals surface area contributed by atoms with Crippen LogP contribution in [0.5, 0.6) is 0 Å². The maximum Gasteiger partial charge on any atom is 0.0900 e. The molecule has 4 rings (SSSR count). The zero-order valence-electron chi connectivity index (χ0n) is 17.2. The molecule has 1 heterocycles. The number of ether oxygens (including phenoxy) is 1. The first-order chi connectivity index (χ1) is 13.6. The summed E-state index contributed by atoms with van der Waals surface area (Å²) in [7, 11) is 0. The van der Waals surface area contributed by atoms with Gasteiger partial charge in [-0.3, -0.25) is 4.90 Å². The lowest BCUT2D eigenvalue weighted by Gasteiger charge is -2.37. The van der Waals surface area contributed by atoms with Gasteiger partial charge in [0.05, 0.1) is 12.7 Å². The van der Waals surface area contributed by atoms with E-state index in [1.54, 1.807) is 0 Å². The Morgan fingerprint density at radius 2 is 2.00 bits per heavy atom. The van der Waals surface area contributed by atoms with Crippen molar-refractivity contribution in [2.45, 2.75) is 45.1 Å². The summed E-state index contributed by atoms with van der Waals surface area (Å²) in [5.74, 6) is 2.87. The Kier molecular flexibility index (Phi) is 6.82. The molecule has 1 aromatic carbocycles. The molecule has 156 valence electrons. The lowest BCUT2D eigenvalue weighted by atomic mass is 9.87. The molecule has 3 fully saturated rings. The fourth-order valence-corrected chi connectivity index (χ4v) is 5.80. The summed E-state index contributed by atoms with van der Waals surface area (Å²) in [4.78, 5) is 4.75. The van der Waals surface area contributed by atoms with Gasteiger partial charge in [-0.05, 0) is 68.1 Å². The van der Waals surface area contributed by atoms with Crippen molar-refractivity contribution in [3.05, 3.63) is 28.8 Å². The fraction of sp³-hybridized carbons (Fsp3) is 0.739. The molecule has 28 heavy (non-hydrogen) atoms. The maximum absolute atomic E-state index is 10.4. The third-order valence-electron chi connectivity index (χ3n) is 7.18. The number of rotatable bonds is 8. The molecule has 4 nitrogen and oxygen atoms in total. The summed E-state index contributed by atoms with van der Waals surface area (Å²) in [6.45, 7) is 7.99. The lowest BCUT2D eigenvalue weighted by Crippen LogP contribution is -2.49.